The molecule has 0 unspecified atom stereocenters. The van der Waals surface area contributed by atoms with Gasteiger partial charge in [0.25, 0.3) is 0 Å². The van der Waals surface area contributed by atoms with Gasteiger partial charge in [0.05, 0.1) is 5.56 Å². The first-order valence-corrected chi connectivity index (χ1v) is 5.33. The van der Waals surface area contributed by atoms with E-state index in [2.05, 4.69) is 10.6 Å². The molecule has 1 heterocycles. The molecule has 0 atom stereocenters. The van der Waals surface area contributed by atoms with Crippen molar-refractivity contribution in [1.29, 1.82) is 5.59 Å². The normalized spacial score (nSPS) is 8.52. The van der Waals surface area contributed by atoms with E-state index in [0.717, 1.165) is 0 Å². The first-order chi connectivity index (χ1) is 11.3. The van der Waals surface area contributed by atoms with Crippen LogP contribution in [-0.2, 0) is 19.5 Å². The van der Waals surface area contributed by atoms with E-state index in [9.17, 15) is 56.6 Å². The zero-order valence-electron chi connectivity index (χ0n) is 15.1. The number of nitrogens with two attached hydrogens (primary N) is 1. The number of nitrogens with one attached hydrogen (secondary N) is 1. The summed E-state index contributed by atoms with van der Waals surface area (Å²) in [6.45, 7) is 0. The molecule has 1 aromatic rings. The second-order valence-corrected chi connectivity index (χ2v) is 3.09. The van der Waals surface area contributed by atoms with Gasteiger partial charge < -0.3 is 82.1 Å². The summed E-state index contributed by atoms with van der Waals surface area (Å²) in [5.74, 6) is -0.442. The van der Waals surface area contributed by atoms with E-state index in [1.165, 1.54) is 6.20 Å². The van der Waals surface area contributed by atoms with Crippen LogP contribution in [0.4, 0.5) is 51.8 Å². The molecule has 1 aromatic heterocycles. The van der Waals surface area contributed by atoms with Crippen LogP contribution in [0.2, 0.25) is 0 Å². The summed E-state index contributed by atoms with van der Waals surface area (Å²) < 4.78 is 117. The van der Waals surface area contributed by atoms with Crippen LogP contribution in [0.5, 0.6) is 0 Å². The standard InChI is InChI=1S/C6H6N2O.3BF4.HNO.4H3N.Ru/c7-6(9)5-2-1-3-8-4-5;3*2-1(3,4)5;1-2;;;;;/h1-4H,(H2,7,9);;;;1H;4*1H3;/q;3*-1;;;;;;+2. The van der Waals surface area contributed by atoms with Crippen molar-refractivity contribution < 1.29 is 76.1 Å². The zero-order chi connectivity index (χ0) is 22.2. The van der Waals surface area contributed by atoms with Crippen LogP contribution < -0.4 is 30.3 Å². The van der Waals surface area contributed by atoms with Gasteiger partial charge in [0.15, 0.2) is 0 Å². The minimum atomic E-state index is -6.00. The van der Waals surface area contributed by atoms with Crippen molar-refractivity contribution in [2.45, 2.75) is 0 Å². The molecule has 31 heavy (non-hydrogen) atoms. The molecule has 1 rings (SSSR count). The Labute approximate surface area is 180 Å². The summed E-state index contributed by atoms with van der Waals surface area (Å²) in [5.41, 5.74) is 9.88. The minimum Gasteiger partial charge on any atom is -0.418 e. The summed E-state index contributed by atoms with van der Waals surface area (Å²) in [7, 11) is -18.0. The second kappa shape index (κ2) is 28.0. The fourth-order valence-electron chi connectivity index (χ4n) is 0.509. The molecule has 0 radical (unpaired) electrons. The predicted octanol–water partition coefficient (Wildman–Crippen LogP) is 5.06. The van der Waals surface area contributed by atoms with Crippen molar-refractivity contribution >= 4 is 27.7 Å². The maximum absolute atomic E-state index is 10.4. The molecule has 0 aliphatic carbocycles. The average molecular weight is 583 g/mol. The van der Waals surface area contributed by atoms with Crippen LogP contribution in [-0.4, -0.2) is 32.7 Å². The molecular weight excluding hydrogens is 564 g/mol. The Morgan fingerprint density at radius 2 is 0.968 bits per heavy atom. The van der Waals surface area contributed by atoms with Crippen LogP contribution >= 0.6 is 0 Å². The Morgan fingerprint density at radius 1 is 0.742 bits per heavy atom. The van der Waals surface area contributed by atoms with Gasteiger partial charge in [-0.2, -0.15) is 4.91 Å². The third-order valence-corrected chi connectivity index (χ3v) is 0.946. The Hall–Kier alpha value is -1.96. The van der Waals surface area contributed by atoms with Crippen molar-refractivity contribution in [2.75, 3.05) is 0 Å². The van der Waals surface area contributed by atoms with Crippen molar-refractivity contribution in [3.63, 3.8) is 0 Å². The topological polar surface area (TPSA) is 237 Å². The smallest absolute Gasteiger partial charge is 0.418 e. The molecule has 0 saturated carbocycles. The minimum absolute atomic E-state index is 0. The average Bonchev–Trinajstić information content (AvgIpc) is 2.36. The molecule has 192 valence electrons. The number of nitrogens with zero attached hydrogens (tertiary/aromatic N) is 1. The van der Waals surface area contributed by atoms with Crippen LogP contribution in [0, 0.1) is 10.5 Å². The van der Waals surface area contributed by atoms with E-state index in [1.54, 1.807) is 18.3 Å². The molecule has 0 aromatic carbocycles. The molecule has 0 spiro atoms. The second-order valence-electron chi connectivity index (χ2n) is 3.09. The molecule has 9 nitrogen and oxygen atoms in total. The summed E-state index contributed by atoms with van der Waals surface area (Å²) >= 11 is 0. The van der Waals surface area contributed by atoms with E-state index >= 15 is 0 Å². The molecule has 0 aliphatic rings. The maximum atomic E-state index is 10.4. The zero-order valence-corrected chi connectivity index (χ0v) is 16.8. The molecule has 25 heteroatoms. The van der Waals surface area contributed by atoms with Crippen LogP contribution in [0.15, 0.2) is 24.5 Å². The summed E-state index contributed by atoms with van der Waals surface area (Å²) in [5, 5.41) is 0. The van der Waals surface area contributed by atoms with Crippen molar-refractivity contribution in [3.05, 3.63) is 35.0 Å². The van der Waals surface area contributed by atoms with Gasteiger partial charge in [0.2, 0.25) is 5.91 Å². The first kappa shape index (κ1) is 56.9. The fraction of sp³-hybridized carbons (Fsp3) is 0. The Morgan fingerprint density at radius 3 is 1.06 bits per heavy atom. The SMILES string of the molecule is F[B-](F)(F)F.F[B-](F)(F)F.F[B-](F)(F)F.N.N.N.N.N=O.NC(=O)c1cccnc1.[Ru+2]. The number of aromatic nitrogens is 1. The van der Waals surface area contributed by atoms with E-state index in [0.29, 0.717) is 5.56 Å². The predicted molar refractivity (Wildman–Crippen MR) is 89.5 cm³/mol. The number of hydrogen-bond donors (Lipinski definition) is 6. The molecule has 0 saturated heterocycles. The number of amides is 1. The molecule has 1 amide bonds. The quantitative estimate of drug-likeness (QED) is 0.149. The van der Waals surface area contributed by atoms with E-state index in [4.69, 9.17) is 10.6 Å². The Balaban J connectivity index is -0.0000000284. The van der Waals surface area contributed by atoms with Crippen molar-refractivity contribution in [2.24, 2.45) is 5.73 Å². The summed E-state index contributed by atoms with van der Waals surface area (Å²) in [6.07, 6.45) is 3.02. The van der Waals surface area contributed by atoms with E-state index in [-0.39, 0.29) is 44.1 Å². The number of nitroso groups, excluding NO2 is 1. The van der Waals surface area contributed by atoms with Gasteiger partial charge in [0.1, 0.15) is 0 Å². The van der Waals surface area contributed by atoms with Crippen LogP contribution in [0.1, 0.15) is 10.4 Å². The molecule has 15 N–H and O–H groups in total. The van der Waals surface area contributed by atoms with Gasteiger partial charge in [-0.05, 0) is 12.1 Å². The summed E-state index contributed by atoms with van der Waals surface area (Å²) in [4.78, 5) is 21.6. The number of carbonyl (C=O) groups excluding carboxylic acids is 1. The van der Waals surface area contributed by atoms with Crippen LogP contribution in [0.3, 0.4) is 0 Å². The summed E-state index contributed by atoms with van der Waals surface area (Å²) in [6, 6.07) is 3.29. The fourth-order valence-corrected chi connectivity index (χ4v) is 0.509. The largest absolute Gasteiger partial charge is 2.00 e. The molecule has 0 aliphatic heterocycles. The van der Waals surface area contributed by atoms with E-state index in [1.807, 2.05) is 0 Å². The first-order valence-electron chi connectivity index (χ1n) is 5.33. The number of halogens is 12. The molecule has 0 bridgehead atoms. The number of pyridine rings is 1. The third-order valence-electron chi connectivity index (χ3n) is 0.946. The van der Waals surface area contributed by atoms with Gasteiger partial charge >= 0.3 is 41.2 Å². The number of carbonyl (C=O) groups is 1. The maximum Gasteiger partial charge on any atom is 2.00 e. The molecular formula is C6H19B3F12N7O2Ru-. The number of hydrogen-bond acceptors (Lipinski definition) is 8. The van der Waals surface area contributed by atoms with Gasteiger partial charge in [-0.25, -0.2) is 0 Å². The van der Waals surface area contributed by atoms with Crippen molar-refractivity contribution in [1.82, 2.24) is 29.6 Å². The number of primary amides is 1. The third kappa shape index (κ3) is 189. The Bertz CT molecular complexity index is 438. The Kier molecular flexibility index (Phi) is 51.4. The van der Waals surface area contributed by atoms with Gasteiger partial charge in [-0.1, -0.05) is 5.59 Å². The molecule has 0 fully saturated rings. The van der Waals surface area contributed by atoms with Gasteiger partial charge in [-0.3, -0.25) is 9.78 Å². The number of rotatable bonds is 1. The van der Waals surface area contributed by atoms with Crippen molar-refractivity contribution in [3.8, 4) is 0 Å². The monoisotopic (exact) mass is 584 g/mol. The van der Waals surface area contributed by atoms with Crippen LogP contribution in [0.25, 0.3) is 0 Å². The van der Waals surface area contributed by atoms with E-state index < -0.39 is 27.7 Å². The van der Waals surface area contributed by atoms with Gasteiger partial charge in [-0.15, -0.1) is 0 Å². The van der Waals surface area contributed by atoms with Gasteiger partial charge in [0, 0.05) is 12.4 Å².